The highest BCUT2D eigenvalue weighted by atomic mass is 16.3. The van der Waals surface area contributed by atoms with Crippen molar-refractivity contribution in [2.24, 2.45) is 0 Å². The van der Waals surface area contributed by atoms with Crippen LogP contribution in [0, 0.1) is 0 Å². The van der Waals surface area contributed by atoms with E-state index in [1.165, 1.54) is 122 Å². The lowest BCUT2D eigenvalue weighted by molar-refractivity contribution is -0.124. The molecule has 0 saturated carbocycles. The lowest BCUT2D eigenvalue weighted by Gasteiger charge is -2.26. The normalized spacial score (nSPS) is 14.1. The minimum atomic E-state index is -1.17. The Kier molecular flexibility index (Phi) is 37.8. The number of carbonyl (C=O) groups is 1. The molecule has 3 atom stereocenters. The standard InChI is InChI=1S/C44H81NO4/c1-3-5-7-9-11-13-14-15-16-17-18-19-20-21-22-23-24-25-26-27-28-29-30-31-33-35-37-39-43(48)45-41(40-46)44(49)42(47)38-36-34-32-12-10-8-6-4-2/h4,6,12,18-19,21-22,32,41-42,44,46-47,49H,3,5,7-11,13-17,20,23-31,33-40H2,1-2H3,(H,45,48)/b6-4+,19-18-,22-21-,32-12+. The minimum absolute atomic E-state index is 0.165. The van der Waals surface area contributed by atoms with Crippen LogP contribution in [-0.2, 0) is 4.79 Å². The molecule has 286 valence electrons. The summed E-state index contributed by atoms with van der Waals surface area (Å²) >= 11 is 0. The molecule has 0 aliphatic heterocycles. The topological polar surface area (TPSA) is 89.8 Å². The van der Waals surface area contributed by atoms with E-state index in [4.69, 9.17) is 0 Å². The van der Waals surface area contributed by atoms with Crippen molar-refractivity contribution in [3.63, 3.8) is 0 Å². The smallest absolute Gasteiger partial charge is 0.220 e. The second kappa shape index (κ2) is 39.1. The highest BCUT2D eigenvalue weighted by molar-refractivity contribution is 5.76. The van der Waals surface area contributed by atoms with Gasteiger partial charge in [-0.3, -0.25) is 4.79 Å². The Balaban J connectivity index is 3.57. The number of rotatable bonds is 37. The second-order valence-corrected chi connectivity index (χ2v) is 14.2. The average molecular weight is 688 g/mol. The van der Waals surface area contributed by atoms with Crippen LogP contribution < -0.4 is 5.32 Å². The number of carbonyl (C=O) groups excluding carboxylic acids is 1. The molecule has 0 bridgehead atoms. The molecule has 0 aromatic rings. The summed E-state index contributed by atoms with van der Waals surface area (Å²) < 4.78 is 0. The molecule has 0 radical (unpaired) electrons. The fourth-order valence-electron chi connectivity index (χ4n) is 6.21. The molecule has 0 aliphatic carbocycles. The van der Waals surface area contributed by atoms with Crippen LogP contribution in [-0.4, -0.2) is 46.1 Å². The number of aliphatic hydroxyl groups excluding tert-OH is 3. The largest absolute Gasteiger partial charge is 0.394 e. The van der Waals surface area contributed by atoms with Gasteiger partial charge in [-0.05, 0) is 77.6 Å². The molecule has 0 fully saturated rings. The molecule has 0 aliphatic rings. The fourth-order valence-corrected chi connectivity index (χ4v) is 6.21. The molecular formula is C44H81NO4. The molecular weight excluding hydrogens is 606 g/mol. The monoisotopic (exact) mass is 688 g/mol. The molecule has 0 rings (SSSR count). The van der Waals surface area contributed by atoms with Crippen LogP contribution in [0.5, 0.6) is 0 Å². The van der Waals surface area contributed by atoms with Crippen LogP contribution in [0.25, 0.3) is 0 Å². The van der Waals surface area contributed by atoms with Crippen LogP contribution in [0.1, 0.15) is 200 Å². The van der Waals surface area contributed by atoms with Crippen LogP contribution in [0.15, 0.2) is 48.6 Å². The van der Waals surface area contributed by atoms with Gasteiger partial charge in [0.2, 0.25) is 5.91 Å². The van der Waals surface area contributed by atoms with Crippen molar-refractivity contribution >= 4 is 5.91 Å². The van der Waals surface area contributed by atoms with E-state index in [0.29, 0.717) is 12.8 Å². The molecule has 5 heteroatoms. The summed E-state index contributed by atoms with van der Waals surface area (Å²) in [6, 6.07) is -0.832. The molecule has 1 amide bonds. The van der Waals surface area contributed by atoms with Gasteiger partial charge in [-0.1, -0.05) is 165 Å². The molecule has 0 spiro atoms. The van der Waals surface area contributed by atoms with Gasteiger partial charge >= 0.3 is 0 Å². The van der Waals surface area contributed by atoms with Gasteiger partial charge in [0.1, 0.15) is 6.10 Å². The van der Waals surface area contributed by atoms with Crippen molar-refractivity contribution in [2.75, 3.05) is 6.61 Å². The molecule has 3 unspecified atom stereocenters. The number of aliphatic hydroxyl groups is 3. The van der Waals surface area contributed by atoms with Crippen molar-refractivity contribution in [3.8, 4) is 0 Å². The number of hydrogen-bond donors (Lipinski definition) is 4. The van der Waals surface area contributed by atoms with Crippen molar-refractivity contribution < 1.29 is 20.1 Å². The second-order valence-electron chi connectivity index (χ2n) is 14.2. The highest BCUT2D eigenvalue weighted by Crippen LogP contribution is 2.14. The Morgan fingerprint density at radius 1 is 0.551 bits per heavy atom. The Bertz CT molecular complexity index is 805. The Hall–Kier alpha value is -1.69. The fraction of sp³-hybridized carbons (Fsp3) is 0.795. The lowest BCUT2D eigenvalue weighted by atomic mass is 10.0. The maximum atomic E-state index is 12.4. The summed E-state index contributed by atoms with van der Waals surface area (Å²) in [6.45, 7) is 3.91. The van der Waals surface area contributed by atoms with Gasteiger partial charge in [0.25, 0.3) is 0 Å². The lowest BCUT2D eigenvalue weighted by Crippen LogP contribution is -2.50. The molecule has 0 heterocycles. The van der Waals surface area contributed by atoms with E-state index in [-0.39, 0.29) is 12.5 Å². The maximum absolute atomic E-state index is 12.4. The zero-order valence-electron chi connectivity index (χ0n) is 32.3. The van der Waals surface area contributed by atoms with E-state index in [9.17, 15) is 20.1 Å². The first kappa shape index (κ1) is 47.3. The van der Waals surface area contributed by atoms with E-state index in [0.717, 1.165) is 51.4 Å². The zero-order chi connectivity index (χ0) is 35.9. The summed E-state index contributed by atoms with van der Waals surface area (Å²) in [5, 5.41) is 33.2. The van der Waals surface area contributed by atoms with Gasteiger partial charge in [-0.25, -0.2) is 0 Å². The number of nitrogens with one attached hydrogen (secondary N) is 1. The summed E-state index contributed by atoms with van der Waals surface area (Å²) in [7, 11) is 0. The van der Waals surface area contributed by atoms with E-state index < -0.39 is 18.2 Å². The van der Waals surface area contributed by atoms with E-state index in [2.05, 4.69) is 54.8 Å². The minimum Gasteiger partial charge on any atom is -0.394 e. The van der Waals surface area contributed by atoms with Crippen molar-refractivity contribution in [3.05, 3.63) is 48.6 Å². The Labute approximate surface area is 304 Å². The molecule has 5 nitrogen and oxygen atoms in total. The molecule has 4 N–H and O–H groups in total. The Morgan fingerprint density at radius 2 is 0.980 bits per heavy atom. The Morgan fingerprint density at radius 3 is 1.49 bits per heavy atom. The van der Waals surface area contributed by atoms with Crippen LogP contribution >= 0.6 is 0 Å². The molecule has 0 aromatic heterocycles. The van der Waals surface area contributed by atoms with E-state index in [1.54, 1.807) is 0 Å². The quantitative estimate of drug-likeness (QED) is 0.0386. The summed E-state index contributed by atoms with van der Waals surface area (Å²) in [6.07, 6.45) is 49.7. The van der Waals surface area contributed by atoms with Gasteiger partial charge in [0.15, 0.2) is 0 Å². The van der Waals surface area contributed by atoms with Gasteiger partial charge < -0.3 is 20.6 Å². The van der Waals surface area contributed by atoms with Gasteiger partial charge in [-0.15, -0.1) is 0 Å². The summed E-state index contributed by atoms with van der Waals surface area (Å²) in [5.74, 6) is -0.165. The van der Waals surface area contributed by atoms with Crippen molar-refractivity contribution in [1.82, 2.24) is 5.32 Å². The molecule has 0 saturated heterocycles. The predicted molar refractivity (Wildman–Crippen MR) is 213 cm³/mol. The van der Waals surface area contributed by atoms with Gasteiger partial charge in [0.05, 0.1) is 18.8 Å². The van der Waals surface area contributed by atoms with Crippen molar-refractivity contribution in [1.29, 1.82) is 0 Å². The number of allylic oxidation sites excluding steroid dienone is 8. The zero-order valence-corrected chi connectivity index (χ0v) is 32.3. The number of unbranched alkanes of at least 4 members (excludes halogenated alkanes) is 22. The van der Waals surface area contributed by atoms with E-state index in [1.807, 2.05) is 13.0 Å². The first-order valence-corrected chi connectivity index (χ1v) is 20.9. The third-order valence-electron chi connectivity index (χ3n) is 9.48. The van der Waals surface area contributed by atoms with Gasteiger partial charge in [-0.2, -0.15) is 0 Å². The summed E-state index contributed by atoms with van der Waals surface area (Å²) in [4.78, 5) is 12.4. The molecule has 0 aromatic carbocycles. The van der Waals surface area contributed by atoms with Crippen LogP contribution in [0.4, 0.5) is 0 Å². The SMILES string of the molecule is C/C=C/CC/C=C/CCCC(O)C(O)C(CO)NC(=O)CCCCCCCCCCCCC/C=C\C/C=C\CCCCCCCCCCC. The number of hydrogen-bond acceptors (Lipinski definition) is 4. The molecule has 49 heavy (non-hydrogen) atoms. The first-order chi connectivity index (χ1) is 24.1. The van der Waals surface area contributed by atoms with E-state index >= 15 is 0 Å². The maximum Gasteiger partial charge on any atom is 0.220 e. The van der Waals surface area contributed by atoms with Crippen molar-refractivity contribution in [2.45, 2.75) is 218 Å². The average Bonchev–Trinajstić information content (AvgIpc) is 3.11. The predicted octanol–water partition coefficient (Wildman–Crippen LogP) is 11.8. The number of amides is 1. The summed E-state index contributed by atoms with van der Waals surface area (Å²) in [5.41, 5.74) is 0. The van der Waals surface area contributed by atoms with Crippen LogP contribution in [0.3, 0.4) is 0 Å². The highest BCUT2D eigenvalue weighted by Gasteiger charge is 2.26. The third kappa shape index (κ3) is 34.5. The third-order valence-corrected chi connectivity index (χ3v) is 9.48. The van der Waals surface area contributed by atoms with Crippen LogP contribution in [0.2, 0.25) is 0 Å². The first-order valence-electron chi connectivity index (χ1n) is 20.9. The van der Waals surface area contributed by atoms with Gasteiger partial charge in [0, 0.05) is 6.42 Å².